The molecular formula is C23H28FN7O4. The highest BCUT2D eigenvalue weighted by Crippen LogP contribution is 2.26. The van der Waals surface area contributed by atoms with Crippen LogP contribution < -0.4 is 21.1 Å². The lowest BCUT2D eigenvalue weighted by atomic mass is 9.98. The number of carbonyl (C=O) groups excluding carboxylic acids is 2. The van der Waals surface area contributed by atoms with Crippen molar-refractivity contribution in [3.63, 3.8) is 0 Å². The van der Waals surface area contributed by atoms with Crippen LogP contribution in [0.4, 0.5) is 14.0 Å². The molecule has 1 saturated heterocycles. The third-order valence-corrected chi connectivity index (χ3v) is 5.87. The predicted octanol–water partition coefficient (Wildman–Crippen LogP) is 2.37. The monoisotopic (exact) mass is 485 g/mol. The molecule has 0 radical (unpaired) electrons. The second-order valence-electron chi connectivity index (χ2n) is 8.61. The molecule has 0 bridgehead atoms. The number of ether oxygens (including phenoxy) is 2. The second kappa shape index (κ2) is 11.0. The fourth-order valence-electron chi connectivity index (χ4n) is 3.72. The van der Waals surface area contributed by atoms with Crippen molar-refractivity contribution >= 4 is 18.1 Å². The molecule has 2 aromatic rings. The first kappa shape index (κ1) is 24.2. The highest BCUT2D eigenvalue weighted by Gasteiger charge is 2.28. The standard InChI is InChI=1S/C23H28FN7O4/c24-19-15(13-35-23(33)30-20(25)26)2-1-3-18(19)16-10-27-21(28-11-16)34-12-14-6-8-31(9-7-14)22(32)29-17-4-5-17/h1-3,10-11,14,17H,4-9,12-13H2,(H,29,32)(H4,25,26,30,33). The van der Waals surface area contributed by atoms with Crippen LogP contribution in [-0.2, 0) is 11.3 Å². The number of carbonyl (C=O) groups is 2. The van der Waals surface area contributed by atoms with E-state index in [0.29, 0.717) is 37.2 Å². The van der Waals surface area contributed by atoms with Crippen LogP contribution in [0.2, 0.25) is 0 Å². The maximum atomic E-state index is 14.9. The Balaban J connectivity index is 1.27. The lowest BCUT2D eigenvalue weighted by molar-refractivity contribution is 0.141. The average molecular weight is 486 g/mol. The molecule has 186 valence electrons. The molecule has 1 aromatic carbocycles. The highest BCUT2D eigenvalue weighted by molar-refractivity contribution is 5.90. The Kier molecular flexibility index (Phi) is 7.58. The molecule has 35 heavy (non-hydrogen) atoms. The Hall–Kier alpha value is -3.96. The van der Waals surface area contributed by atoms with Crippen molar-refractivity contribution in [1.29, 1.82) is 5.41 Å². The quantitative estimate of drug-likeness (QED) is 0.346. The molecular weight excluding hydrogens is 457 g/mol. The van der Waals surface area contributed by atoms with Crippen molar-refractivity contribution in [2.75, 3.05) is 19.7 Å². The molecule has 2 fully saturated rings. The number of likely N-dealkylation sites (tertiary alicyclic amines) is 1. The van der Waals surface area contributed by atoms with E-state index in [1.54, 1.807) is 12.1 Å². The number of rotatable bonds is 7. The van der Waals surface area contributed by atoms with E-state index in [0.717, 1.165) is 25.7 Å². The molecule has 5 N–H and O–H groups in total. The zero-order valence-corrected chi connectivity index (χ0v) is 19.1. The Labute approximate surface area is 201 Å². The molecule has 1 saturated carbocycles. The number of nitrogens with one attached hydrogen (secondary N) is 3. The fourth-order valence-corrected chi connectivity index (χ4v) is 3.72. The minimum Gasteiger partial charge on any atom is -0.463 e. The summed E-state index contributed by atoms with van der Waals surface area (Å²) < 4.78 is 25.5. The fraction of sp³-hybridized carbons (Fsp3) is 0.435. The summed E-state index contributed by atoms with van der Waals surface area (Å²) >= 11 is 0. The van der Waals surface area contributed by atoms with Crippen molar-refractivity contribution in [3.8, 4) is 17.1 Å². The Morgan fingerprint density at radius 1 is 1.17 bits per heavy atom. The van der Waals surface area contributed by atoms with Gasteiger partial charge in [-0.3, -0.25) is 10.7 Å². The number of halogens is 1. The number of aromatic nitrogens is 2. The highest BCUT2D eigenvalue weighted by atomic mass is 19.1. The van der Waals surface area contributed by atoms with E-state index >= 15 is 0 Å². The number of piperidine rings is 1. The largest absolute Gasteiger partial charge is 0.463 e. The van der Waals surface area contributed by atoms with Gasteiger partial charge in [0, 0.05) is 48.2 Å². The summed E-state index contributed by atoms with van der Waals surface area (Å²) in [6.07, 6.45) is 5.84. The maximum Gasteiger partial charge on any atom is 0.414 e. The normalized spacial score (nSPS) is 15.9. The number of nitrogens with two attached hydrogens (primary N) is 1. The van der Waals surface area contributed by atoms with E-state index in [-0.39, 0.29) is 29.8 Å². The number of alkyl carbamates (subject to hydrolysis) is 1. The second-order valence-corrected chi connectivity index (χ2v) is 8.61. The maximum absolute atomic E-state index is 14.9. The van der Waals surface area contributed by atoms with Crippen LogP contribution in [0.3, 0.4) is 0 Å². The molecule has 1 aliphatic carbocycles. The van der Waals surface area contributed by atoms with Crippen molar-refractivity contribution in [1.82, 2.24) is 25.5 Å². The molecule has 3 amide bonds. The van der Waals surface area contributed by atoms with Crippen LogP contribution in [0, 0.1) is 17.1 Å². The third kappa shape index (κ3) is 6.78. The lowest BCUT2D eigenvalue weighted by Gasteiger charge is -2.31. The predicted molar refractivity (Wildman–Crippen MR) is 124 cm³/mol. The molecule has 1 aliphatic heterocycles. The van der Waals surface area contributed by atoms with E-state index in [9.17, 15) is 14.0 Å². The van der Waals surface area contributed by atoms with Gasteiger partial charge in [-0.15, -0.1) is 0 Å². The number of amides is 3. The van der Waals surface area contributed by atoms with Crippen molar-refractivity contribution < 1.29 is 23.5 Å². The number of guanidine groups is 1. The molecule has 1 aromatic heterocycles. The number of nitrogens with zero attached hydrogens (tertiary/aromatic N) is 3. The van der Waals surface area contributed by atoms with Gasteiger partial charge in [-0.1, -0.05) is 18.2 Å². The van der Waals surface area contributed by atoms with Gasteiger partial charge in [-0.05, 0) is 31.6 Å². The Morgan fingerprint density at radius 3 is 2.54 bits per heavy atom. The average Bonchev–Trinajstić information content (AvgIpc) is 3.66. The number of benzene rings is 1. The van der Waals surface area contributed by atoms with Crippen LogP contribution in [0.5, 0.6) is 6.01 Å². The van der Waals surface area contributed by atoms with E-state index < -0.39 is 17.9 Å². The Morgan fingerprint density at radius 2 is 1.89 bits per heavy atom. The molecule has 11 nitrogen and oxygen atoms in total. The van der Waals surface area contributed by atoms with Gasteiger partial charge in [0.05, 0.1) is 6.61 Å². The molecule has 4 rings (SSSR count). The van der Waals surface area contributed by atoms with Gasteiger partial charge in [0.1, 0.15) is 12.4 Å². The van der Waals surface area contributed by atoms with E-state index in [1.165, 1.54) is 18.5 Å². The van der Waals surface area contributed by atoms with Crippen molar-refractivity contribution in [2.24, 2.45) is 11.7 Å². The van der Waals surface area contributed by atoms with E-state index in [2.05, 4.69) is 15.3 Å². The molecule has 2 aliphatic rings. The topological polar surface area (TPSA) is 156 Å². The summed E-state index contributed by atoms with van der Waals surface area (Å²) in [5, 5.41) is 12.0. The van der Waals surface area contributed by atoms with Crippen LogP contribution in [0.25, 0.3) is 11.1 Å². The molecule has 2 heterocycles. The first-order valence-corrected chi connectivity index (χ1v) is 11.4. The molecule has 12 heteroatoms. The van der Waals surface area contributed by atoms with E-state index in [4.69, 9.17) is 20.6 Å². The van der Waals surface area contributed by atoms with Crippen molar-refractivity contribution in [2.45, 2.75) is 38.3 Å². The summed E-state index contributed by atoms with van der Waals surface area (Å²) in [5.74, 6) is -0.833. The van der Waals surface area contributed by atoms with Gasteiger partial charge < -0.3 is 25.4 Å². The van der Waals surface area contributed by atoms with Gasteiger partial charge in [0.2, 0.25) is 0 Å². The zero-order valence-electron chi connectivity index (χ0n) is 19.1. The van der Waals surface area contributed by atoms with Crippen LogP contribution in [0.1, 0.15) is 31.2 Å². The SMILES string of the molecule is N=C(N)NC(=O)OCc1cccc(-c2cnc(OCC3CCN(C(=O)NC4CC4)CC3)nc2)c1F. The molecule has 0 unspecified atom stereocenters. The third-order valence-electron chi connectivity index (χ3n) is 5.87. The summed E-state index contributed by atoms with van der Waals surface area (Å²) in [5.41, 5.74) is 5.90. The molecule has 0 atom stereocenters. The minimum atomic E-state index is -0.945. The van der Waals surface area contributed by atoms with Crippen molar-refractivity contribution in [3.05, 3.63) is 42.0 Å². The summed E-state index contributed by atoms with van der Waals surface area (Å²) in [4.78, 5) is 33.8. The molecule has 0 spiro atoms. The van der Waals surface area contributed by atoms with Crippen LogP contribution in [-0.4, -0.2) is 58.7 Å². The first-order chi connectivity index (χ1) is 16.9. The number of hydrogen-bond donors (Lipinski definition) is 4. The number of urea groups is 1. The van der Waals surface area contributed by atoms with Gasteiger partial charge in [0.15, 0.2) is 5.96 Å². The summed E-state index contributed by atoms with van der Waals surface area (Å²) in [6.45, 7) is 1.51. The van der Waals surface area contributed by atoms with Gasteiger partial charge >= 0.3 is 18.1 Å². The number of hydrogen-bond acceptors (Lipinski definition) is 7. The van der Waals surface area contributed by atoms with Crippen LogP contribution in [0.15, 0.2) is 30.6 Å². The summed E-state index contributed by atoms with van der Waals surface area (Å²) in [6, 6.07) is 5.25. The Bertz CT molecular complexity index is 1070. The van der Waals surface area contributed by atoms with Gasteiger partial charge in [0.25, 0.3) is 0 Å². The van der Waals surface area contributed by atoms with Gasteiger partial charge in [-0.25, -0.2) is 23.9 Å². The van der Waals surface area contributed by atoms with Crippen LogP contribution >= 0.6 is 0 Å². The van der Waals surface area contributed by atoms with E-state index in [1.807, 2.05) is 10.2 Å². The first-order valence-electron chi connectivity index (χ1n) is 11.4. The lowest BCUT2D eigenvalue weighted by Crippen LogP contribution is -2.45. The smallest absolute Gasteiger partial charge is 0.414 e. The minimum absolute atomic E-state index is 0.0213. The van der Waals surface area contributed by atoms with Gasteiger partial charge in [-0.2, -0.15) is 0 Å². The zero-order chi connectivity index (χ0) is 24.8. The summed E-state index contributed by atoms with van der Waals surface area (Å²) in [7, 11) is 0.